The van der Waals surface area contributed by atoms with E-state index in [0.29, 0.717) is 17.9 Å². The molecule has 0 saturated carbocycles. The van der Waals surface area contributed by atoms with Crippen LogP contribution in [0.4, 0.5) is 0 Å². The molecule has 0 bridgehead atoms. The molecule has 0 aliphatic rings. The first-order valence-electron chi connectivity index (χ1n) is 3.72. The van der Waals surface area contributed by atoms with E-state index in [4.69, 9.17) is 23.2 Å². The van der Waals surface area contributed by atoms with Crippen LogP contribution in [0.2, 0.25) is 5.02 Å². The van der Waals surface area contributed by atoms with Gasteiger partial charge < -0.3 is 0 Å². The van der Waals surface area contributed by atoms with Gasteiger partial charge >= 0.3 is 0 Å². The van der Waals surface area contributed by atoms with Crippen molar-refractivity contribution < 1.29 is 4.79 Å². The van der Waals surface area contributed by atoms with Gasteiger partial charge in [0.15, 0.2) is 0 Å². The third kappa shape index (κ3) is 3.29. The Bertz CT molecular complexity index is 325. The van der Waals surface area contributed by atoms with Crippen molar-refractivity contribution in [3.05, 3.63) is 33.3 Å². The quantitative estimate of drug-likeness (QED) is 0.770. The zero-order valence-electron chi connectivity index (χ0n) is 6.69. The van der Waals surface area contributed by atoms with Gasteiger partial charge in [0.05, 0.1) is 5.02 Å². The van der Waals surface area contributed by atoms with E-state index in [2.05, 4.69) is 15.9 Å². The van der Waals surface area contributed by atoms with Gasteiger partial charge in [-0.2, -0.15) is 0 Å². The highest BCUT2D eigenvalue weighted by Gasteiger charge is 2.05. The lowest BCUT2D eigenvalue weighted by Crippen LogP contribution is -1.92. The molecule has 1 nitrogen and oxygen atoms in total. The maximum absolute atomic E-state index is 10.5. The van der Waals surface area contributed by atoms with E-state index in [0.717, 1.165) is 10.0 Å². The van der Waals surface area contributed by atoms with Gasteiger partial charge in [-0.1, -0.05) is 23.7 Å². The van der Waals surface area contributed by atoms with Crippen LogP contribution >= 0.6 is 39.1 Å². The molecule has 0 aliphatic heterocycles. The van der Waals surface area contributed by atoms with E-state index in [9.17, 15) is 4.79 Å². The van der Waals surface area contributed by atoms with E-state index in [1.54, 1.807) is 0 Å². The van der Waals surface area contributed by atoms with Gasteiger partial charge in [0.2, 0.25) is 5.24 Å². The molecule has 0 spiro atoms. The second-order valence-corrected chi connectivity index (χ2v) is 4.22. The summed E-state index contributed by atoms with van der Waals surface area (Å²) in [5, 5.41) is 0.316. The summed E-state index contributed by atoms with van der Waals surface area (Å²) in [6, 6.07) is 5.62. The number of carbonyl (C=O) groups is 1. The maximum atomic E-state index is 10.5. The molecule has 1 rings (SSSR count). The number of benzene rings is 1. The Morgan fingerprint density at radius 1 is 1.46 bits per heavy atom. The number of carbonyl (C=O) groups excluding carboxylic acids is 1. The third-order valence-corrected chi connectivity index (χ3v) is 3.15. The molecule has 0 N–H and O–H groups in total. The van der Waals surface area contributed by atoms with Gasteiger partial charge in [0.1, 0.15) is 0 Å². The van der Waals surface area contributed by atoms with Gasteiger partial charge in [-0.3, -0.25) is 4.79 Å². The van der Waals surface area contributed by atoms with Crippen molar-refractivity contribution in [2.24, 2.45) is 0 Å². The second-order valence-electron chi connectivity index (χ2n) is 2.57. The van der Waals surface area contributed by atoms with Gasteiger partial charge in [-0.05, 0) is 45.6 Å². The minimum atomic E-state index is -0.337. The fourth-order valence-corrected chi connectivity index (χ4v) is 1.70. The molecule has 0 amide bonds. The Hall–Kier alpha value is -0.0500. The van der Waals surface area contributed by atoms with Crippen molar-refractivity contribution in [2.75, 3.05) is 0 Å². The Morgan fingerprint density at radius 2 is 2.15 bits per heavy atom. The van der Waals surface area contributed by atoms with E-state index in [1.165, 1.54) is 0 Å². The molecule has 1 aromatic rings. The molecule has 0 aromatic heterocycles. The third-order valence-electron chi connectivity index (χ3n) is 1.62. The molecule has 0 saturated heterocycles. The molecular formula is C9H7BrCl2O. The van der Waals surface area contributed by atoms with Crippen molar-refractivity contribution in [3.63, 3.8) is 0 Å². The van der Waals surface area contributed by atoms with Crippen molar-refractivity contribution in [2.45, 2.75) is 12.8 Å². The molecule has 1 aromatic carbocycles. The Balaban J connectivity index is 2.77. The molecular weight excluding hydrogens is 275 g/mol. The Morgan fingerprint density at radius 3 is 2.77 bits per heavy atom. The lowest BCUT2D eigenvalue weighted by molar-refractivity contribution is -0.111. The first-order valence-corrected chi connectivity index (χ1v) is 5.27. The van der Waals surface area contributed by atoms with Crippen LogP contribution in [-0.4, -0.2) is 5.24 Å². The van der Waals surface area contributed by atoms with Crippen LogP contribution in [0.15, 0.2) is 22.7 Å². The molecule has 13 heavy (non-hydrogen) atoms. The highest BCUT2D eigenvalue weighted by Crippen LogP contribution is 2.26. The minimum absolute atomic E-state index is 0.317. The number of hydrogen-bond donors (Lipinski definition) is 0. The molecule has 0 fully saturated rings. The van der Waals surface area contributed by atoms with Crippen molar-refractivity contribution in [1.82, 2.24) is 0 Å². The lowest BCUT2D eigenvalue weighted by Gasteiger charge is -2.03. The monoisotopic (exact) mass is 280 g/mol. The van der Waals surface area contributed by atoms with Crippen LogP contribution in [0.25, 0.3) is 0 Å². The van der Waals surface area contributed by atoms with E-state index >= 15 is 0 Å². The van der Waals surface area contributed by atoms with Gasteiger partial charge in [0, 0.05) is 10.9 Å². The summed E-state index contributed by atoms with van der Waals surface area (Å²) in [5.41, 5.74) is 0.935. The predicted octanol–water partition coefficient (Wildman–Crippen LogP) is 3.80. The van der Waals surface area contributed by atoms with Crippen molar-refractivity contribution in [3.8, 4) is 0 Å². The van der Waals surface area contributed by atoms with E-state index in [-0.39, 0.29) is 5.24 Å². The number of rotatable bonds is 3. The molecule has 0 aliphatic carbocycles. The van der Waals surface area contributed by atoms with E-state index in [1.807, 2.05) is 18.2 Å². The molecule has 4 heteroatoms. The van der Waals surface area contributed by atoms with E-state index < -0.39 is 0 Å². The first kappa shape index (κ1) is 11.0. The van der Waals surface area contributed by atoms with Gasteiger partial charge in [0.25, 0.3) is 0 Å². The van der Waals surface area contributed by atoms with Crippen molar-refractivity contribution >= 4 is 44.4 Å². The van der Waals surface area contributed by atoms with Gasteiger partial charge in [-0.25, -0.2) is 0 Å². The van der Waals surface area contributed by atoms with Crippen LogP contribution in [-0.2, 0) is 11.2 Å². The topological polar surface area (TPSA) is 17.1 Å². The van der Waals surface area contributed by atoms with Crippen LogP contribution < -0.4 is 0 Å². The molecule has 70 valence electrons. The number of halogens is 3. The molecule has 0 unspecified atom stereocenters. The average molecular weight is 282 g/mol. The normalized spacial score (nSPS) is 10.1. The fraction of sp³-hybridized carbons (Fsp3) is 0.222. The Kier molecular flexibility index (Phi) is 4.23. The fourth-order valence-electron chi connectivity index (χ4n) is 0.974. The summed E-state index contributed by atoms with van der Waals surface area (Å²) < 4.78 is 0.841. The van der Waals surface area contributed by atoms with Crippen LogP contribution in [0.1, 0.15) is 12.0 Å². The zero-order chi connectivity index (χ0) is 9.84. The maximum Gasteiger partial charge on any atom is 0.221 e. The SMILES string of the molecule is O=C(Cl)CCc1cccc(Br)c1Cl. The first-order chi connectivity index (χ1) is 6.11. The standard InChI is InChI=1S/C9H7BrCl2O/c10-7-3-1-2-6(9(7)12)4-5-8(11)13/h1-3H,4-5H2. The Labute approximate surface area is 95.2 Å². The highest BCUT2D eigenvalue weighted by atomic mass is 79.9. The predicted molar refractivity (Wildman–Crippen MR) is 58.3 cm³/mol. The van der Waals surface area contributed by atoms with Crippen LogP contribution in [0.3, 0.4) is 0 Å². The minimum Gasteiger partial charge on any atom is -0.281 e. The number of hydrogen-bond acceptors (Lipinski definition) is 1. The molecule has 0 atom stereocenters. The number of aryl methyl sites for hydroxylation is 1. The largest absolute Gasteiger partial charge is 0.281 e. The smallest absolute Gasteiger partial charge is 0.221 e. The summed E-state index contributed by atoms with van der Waals surface area (Å²) in [6.07, 6.45) is 0.901. The average Bonchev–Trinajstić information content (AvgIpc) is 2.07. The summed E-state index contributed by atoms with van der Waals surface area (Å²) in [5.74, 6) is 0. The summed E-state index contributed by atoms with van der Waals surface area (Å²) in [4.78, 5) is 10.5. The summed E-state index contributed by atoms with van der Waals surface area (Å²) in [6.45, 7) is 0. The summed E-state index contributed by atoms with van der Waals surface area (Å²) >= 11 is 14.5. The zero-order valence-corrected chi connectivity index (χ0v) is 9.79. The molecule has 0 heterocycles. The summed E-state index contributed by atoms with van der Waals surface area (Å²) in [7, 11) is 0. The van der Waals surface area contributed by atoms with Crippen LogP contribution in [0, 0.1) is 0 Å². The van der Waals surface area contributed by atoms with Gasteiger partial charge in [-0.15, -0.1) is 0 Å². The van der Waals surface area contributed by atoms with Crippen LogP contribution in [0.5, 0.6) is 0 Å². The highest BCUT2D eigenvalue weighted by molar-refractivity contribution is 9.10. The second kappa shape index (κ2) is 4.99. The molecule has 0 radical (unpaired) electrons. The van der Waals surface area contributed by atoms with Crippen molar-refractivity contribution in [1.29, 1.82) is 0 Å². The lowest BCUT2D eigenvalue weighted by atomic mass is 10.1.